The van der Waals surface area contributed by atoms with Crippen LogP contribution in [0.3, 0.4) is 0 Å². The van der Waals surface area contributed by atoms with Crippen LogP contribution in [0.4, 0.5) is 5.82 Å². The summed E-state index contributed by atoms with van der Waals surface area (Å²) in [6.07, 6.45) is 5.13. The molecule has 0 aliphatic heterocycles. The molecule has 2 N–H and O–H groups in total. The standard InChI is InChI=1S/C22H16ClN9O/c1-2-15(29-20-19-16(25-11-26-20)6-7-17(23)30-19)21-31-18-12(8-24)4-3-5-14(18)22(33)32(21)13-9-27-28-10-13/h3-7,9-11,15H,2H2,1H3,(H,27,28)(H,25,26,29). The number of H-pyrrole nitrogens is 1. The van der Waals surface area contributed by atoms with Gasteiger partial charge >= 0.3 is 0 Å². The van der Waals surface area contributed by atoms with Gasteiger partial charge in [0.15, 0.2) is 5.82 Å². The fraction of sp³-hybridized carbons (Fsp3) is 0.136. The predicted molar refractivity (Wildman–Crippen MR) is 123 cm³/mol. The Morgan fingerprint density at radius 1 is 1.21 bits per heavy atom. The lowest BCUT2D eigenvalue weighted by Crippen LogP contribution is -2.28. The highest BCUT2D eigenvalue weighted by molar-refractivity contribution is 6.29. The first-order valence-electron chi connectivity index (χ1n) is 10.1. The third-order valence-electron chi connectivity index (χ3n) is 5.27. The summed E-state index contributed by atoms with van der Waals surface area (Å²) in [4.78, 5) is 31.2. The number of rotatable bonds is 5. The number of fused-ring (bicyclic) bond motifs is 2. The molecule has 4 heterocycles. The van der Waals surface area contributed by atoms with Crippen molar-refractivity contribution in [1.29, 1.82) is 5.26 Å². The van der Waals surface area contributed by atoms with E-state index in [2.05, 4.69) is 36.5 Å². The van der Waals surface area contributed by atoms with Gasteiger partial charge < -0.3 is 5.32 Å². The van der Waals surface area contributed by atoms with Crippen molar-refractivity contribution in [1.82, 2.24) is 34.7 Å². The zero-order chi connectivity index (χ0) is 22.9. The summed E-state index contributed by atoms with van der Waals surface area (Å²) in [7, 11) is 0. The smallest absolute Gasteiger partial charge is 0.266 e. The van der Waals surface area contributed by atoms with E-state index in [9.17, 15) is 10.1 Å². The van der Waals surface area contributed by atoms with Gasteiger partial charge in [-0.05, 0) is 30.7 Å². The van der Waals surface area contributed by atoms with Crippen molar-refractivity contribution >= 4 is 39.4 Å². The fourth-order valence-electron chi connectivity index (χ4n) is 3.70. The summed E-state index contributed by atoms with van der Waals surface area (Å²) in [5, 5.41) is 20.3. The minimum absolute atomic E-state index is 0.303. The molecule has 33 heavy (non-hydrogen) atoms. The van der Waals surface area contributed by atoms with Crippen LogP contribution in [-0.2, 0) is 0 Å². The molecule has 0 spiro atoms. The zero-order valence-electron chi connectivity index (χ0n) is 17.3. The summed E-state index contributed by atoms with van der Waals surface area (Å²) in [5.41, 5.74) is 2.01. The SMILES string of the molecule is CCC(Nc1ncnc2ccc(Cl)nc12)c1nc2c(C#N)cccc2c(=O)n1-c1cn[nH]c1. The summed E-state index contributed by atoms with van der Waals surface area (Å²) < 4.78 is 1.48. The molecule has 0 saturated heterocycles. The van der Waals surface area contributed by atoms with Gasteiger partial charge in [0.1, 0.15) is 28.9 Å². The molecule has 5 rings (SSSR count). The van der Waals surface area contributed by atoms with E-state index >= 15 is 0 Å². The van der Waals surface area contributed by atoms with Gasteiger partial charge in [-0.2, -0.15) is 10.4 Å². The van der Waals surface area contributed by atoms with E-state index in [1.54, 1.807) is 42.7 Å². The number of anilines is 1. The summed E-state index contributed by atoms with van der Waals surface area (Å²) in [5.74, 6) is 0.865. The largest absolute Gasteiger partial charge is 0.358 e. The van der Waals surface area contributed by atoms with E-state index in [4.69, 9.17) is 16.6 Å². The van der Waals surface area contributed by atoms with Crippen molar-refractivity contribution in [2.75, 3.05) is 5.32 Å². The number of nitrogens with zero attached hydrogens (tertiary/aromatic N) is 7. The molecule has 0 amide bonds. The maximum Gasteiger partial charge on any atom is 0.266 e. The van der Waals surface area contributed by atoms with E-state index in [0.29, 0.717) is 56.4 Å². The van der Waals surface area contributed by atoms with Crippen LogP contribution in [0.15, 0.2) is 53.8 Å². The lowest BCUT2D eigenvalue weighted by molar-refractivity contribution is 0.659. The maximum absolute atomic E-state index is 13.5. The van der Waals surface area contributed by atoms with Crippen LogP contribution in [0, 0.1) is 11.3 Å². The lowest BCUT2D eigenvalue weighted by atomic mass is 10.1. The van der Waals surface area contributed by atoms with Gasteiger partial charge in [-0.25, -0.2) is 19.9 Å². The van der Waals surface area contributed by atoms with Crippen LogP contribution in [0.2, 0.25) is 5.15 Å². The van der Waals surface area contributed by atoms with E-state index in [1.165, 1.54) is 10.9 Å². The van der Waals surface area contributed by atoms with Gasteiger partial charge in [-0.1, -0.05) is 24.6 Å². The van der Waals surface area contributed by atoms with Gasteiger partial charge in [-0.15, -0.1) is 0 Å². The molecule has 4 aromatic heterocycles. The van der Waals surface area contributed by atoms with Crippen molar-refractivity contribution < 1.29 is 0 Å². The molecule has 0 saturated carbocycles. The Balaban J connectivity index is 1.74. The number of hydrogen-bond acceptors (Lipinski definition) is 8. The molecule has 0 radical (unpaired) electrons. The molecule has 0 fully saturated rings. The second kappa shape index (κ2) is 8.29. The quantitative estimate of drug-likeness (QED) is 0.382. The number of nitrogens with one attached hydrogen (secondary N) is 2. The minimum Gasteiger partial charge on any atom is -0.358 e. The molecular weight excluding hydrogens is 442 g/mol. The molecule has 5 aromatic rings. The van der Waals surface area contributed by atoms with Crippen LogP contribution in [0.25, 0.3) is 27.6 Å². The summed E-state index contributed by atoms with van der Waals surface area (Å²) in [6.45, 7) is 1.95. The van der Waals surface area contributed by atoms with E-state index in [1.807, 2.05) is 6.92 Å². The lowest BCUT2D eigenvalue weighted by Gasteiger charge is -2.22. The van der Waals surface area contributed by atoms with Gasteiger partial charge in [0, 0.05) is 6.20 Å². The normalized spacial score (nSPS) is 12.0. The number of hydrogen-bond donors (Lipinski definition) is 2. The molecule has 1 aromatic carbocycles. The Morgan fingerprint density at radius 2 is 2.09 bits per heavy atom. The average Bonchev–Trinajstić information content (AvgIpc) is 3.36. The van der Waals surface area contributed by atoms with Crippen LogP contribution in [-0.4, -0.2) is 34.7 Å². The molecule has 10 nitrogen and oxygen atoms in total. The third-order valence-corrected chi connectivity index (χ3v) is 5.48. The second-order valence-corrected chi connectivity index (χ2v) is 7.60. The Bertz CT molecular complexity index is 1590. The number of halogens is 1. The Kier molecular flexibility index (Phi) is 5.16. The number of nitriles is 1. The highest BCUT2D eigenvalue weighted by Crippen LogP contribution is 2.27. The zero-order valence-corrected chi connectivity index (χ0v) is 18.1. The van der Waals surface area contributed by atoms with Crippen molar-refractivity contribution in [2.45, 2.75) is 19.4 Å². The van der Waals surface area contributed by atoms with Crippen molar-refractivity contribution in [3.63, 3.8) is 0 Å². The highest BCUT2D eigenvalue weighted by Gasteiger charge is 2.23. The topological polar surface area (TPSA) is 138 Å². The first kappa shape index (κ1) is 20.5. The highest BCUT2D eigenvalue weighted by atomic mass is 35.5. The van der Waals surface area contributed by atoms with Gasteiger partial charge in [-0.3, -0.25) is 14.5 Å². The fourth-order valence-corrected chi connectivity index (χ4v) is 3.85. The summed E-state index contributed by atoms with van der Waals surface area (Å²) >= 11 is 6.10. The van der Waals surface area contributed by atoms with Gasteiger partial charge in [0.25, 0.3) is 5.56 Å². The molecule has 162 valence electrons. The Labute approximate surface area is 191 Å². The Hall–Kier alpha value is -4.36. The first-order valence-corrected chi connectivity index (χ1v) is 10.5. The molecule has 1 unspecified atom stereocenters. The second-order valence-electron chi connectivity index (χ2n) is 7.21. The monoisotopic (exact) mass is 457 g/mol. The van der Waals surface area contributed by atoms with Crippen LogP contribution < -0.4 is 10.9 Å². The maximum atomic E-state index is 13.5. The Morgan fingerprint density at radius 3 is 2.85 bits per heavy atom. The van der Waals surface area contributed by atoms with Crippen LogP contribution in [0.1, 0.15) is 30.8 Å². The number of pyridine rings is 1. The number of para-hydroxylation sites is 1. The first-order chi connectivity index (χ1) is 16.1. The predicted octanol–water partition coefficient (Wildman–Crippen LogP) is 3.54. The molecule has 0 aliphatic rings. The minimum atomic E-state index is -0.456. The number of aromatic amines is 1. The van der Waals surface area contributed by atoms with E-state index in [-0.39, 0.29) is 5.56 Å². The number of aromatic nitrogens is 7. The molecular formula is C22H16ClN9O. The van der Waals surface area contributed by atoms with Gasteiger partial charge in [0.2, 0.25) is 0 Å². The van der Waals surface area contributed by atoms with Crippen LogP contribution >= 0.6 is 11.6 Å². The van der Waals surface area contributed by atoms with E-state index in [0.717, 1.165) is 0 Å². The van der Waals surface area contributed by atoms with E-state index < -0.39 is 6.04 Å². The molecule has 1 atom stereocenters. The molecule has 0 aliphatic carbocycles. The van der Waals surface area contributed by atoms with Gasteiger partial charge in [0.05, 0.1) is 39.9 Å². The number of benzene rings is 1. The van der Waals surface area contributed by atoms with Crippen LogP contribution in [0.5, 0.6) is 0 Å². The van der Waals surface area contributed by atoms with Crippen molar-refractivity contribution in [3.8, 4) is 11.8 Å². The molecule has 0 bridgehead atoms. The van der Waals surface area contributed by atoms with Crippen molar-refractivity contribution in [3.05, 3.63) is 75.9 Å². The average molecular weight is 458 g/mol. The summed E-state index contributed by atoms with van der Waals surface area (Å²) in [6, 6.07) is 10.0. The third kappa shape index (κ3) is 3.54. The van der Waals surface area contributed by atoms with Crippen molar-refractivity contribution in [2.24, 2.45) is 0 Å². The molecule has 11 heteroatoms.